The van der Waals surface area contributed by atoms with E-state index < -0.39 is 6.10 Å². The lowest BCUT2D eigenvalue weighted by molar-refractivity contribution is 0.152. The van der Waals surface area contributed by atoms with Crippen LogP contribution in [0.15, 0.2) is 48.5 Å². The van der Waals surface area contributed by atoms with E-state index >= 15 is 0 Å². The molecule has 0 aliphatic carbocycles. The Bertz CT molecular complexity index is 498. The van der Waals surface area contributed by atoms with Crippen molar-refractivity contribution in [2.45, 2.75) is 25.4 Å². The minimum Gasteiger partial charge on any atom is -0.497 e. The van der Waals surface area contributed by atoms with Crippen molar-refractivity contribution >= 4 is 0 Å². The largest absolute Gasteiger partial charge is 0.497 e. The van der Waals surface area contributed by atoms with Crippen LogP contribution in [0.25, 0.3) is 0 Å². The quantitative estimate of drug-likeness (QED) is 0.881. The first-order chi connectivity index (χ1) is 10.2. The number of rotatable bonds is 6. The fraction of sp³-hybridized carbons (Fsp3) is 0.333. The van der Waals surface area contributed by atoms with E-state index in [1.54, 1.807) is 14.2 Å². The lowest BCUT2D eigenvalue weighted by Crippen LogP contribution is -2.18. The molecule has 0 amide bonds. The molecule has 0 saturated heterocycles. The van der Waals surface area contributed by atoms with Gasteiger partial charge in [0.2, 0.25) is 0 Å². The second kappa shape index (κ2) is 7.14. The molecule has 112 valence electrons. The molecular weight excluding hydrogens is 264 g/mol. The number of ether oxygens (including phenoxy) is 2. The van der Waals surface area contributed by atoms with E-state index in [2.05, 4.69) is 0 Å². The first kappa shape index (κ1) is 15.4. The standard InChI is InChI=1S/C18H22O3/c1-4-17(19)18(13-5-9-15(20-2)10-6-13)14-7-11-16(21-3)12-8-14/h5-12,17-19H,4H2,1-3H3. The highest BCUT2D eigenvalue weighted by atomic mass is 16.5. The summed E-state index contributed by atoms with van der Waals surface area (Å²) in [5.74, 6) is 1.59. The number of aliphatic hydroxyl groups excluding tert-OH is 1. The lowest BCUT2D eigenvalue weighted by Gasteiger charge is -2.23. The highest BCUT2D eigenvalue weighted by molar-refractivity contribution is 5.39. The molecule has 1 atom stereocenters. The van der Waals surface area contributed by atoms with Crippen molar-refractivity contribution in [2.75, 3.05) is 14.2 Å². The van der Waals surface area contributed by atoms with E-state index in [-0.39, 0.29) is 5.92 Å². The maximum Gasteiger partial charge on any atom is 0.118 e. The Hall–Kier alpha value is -2.00. The van der Waals surface area contributed by atoms with Crippen LogP contribution < -0.4 is 9.47 Å². The molecular formula is C18H22O3. The highest BCUT2D eigenvalue weighted by Gasteiger charge is 2.21. The third kappa shape index (κ3) is 3.56. The van der Waals surface area contributed by atoms with Gasteiger partial charge in [0, 0.05) is 5.92 Å². The first-order valence-corrected chi connectivity index (χ1v) is 7.15. The van der Waals surface area contributed by atoms with Crippen LogP contribution in [0.3, 0.4) is 0 Å². The van der Waals surface area contributed by atoms with Gasteiger partial charge < -0.3 is 14.6 Å². The van der Waals surface area contributed by atoms with Gasteiger partial charge in [-0.05, 0) is 41.8 Å². The van der Waals surface area contributed by atoms with Crippen molar-refractivity contribution in [3.8, 4) is 11.5 Å². The van der Waals surface area contributed by atoms with Crippen LogP contribution in [0.4, 0.5) is 0 Å². The molecule has 1 unspecified atom stereocenters. The van der Waals surface area contributed by atoms with Crippen molar-refractivity contribution in [1.29, 1.82) is 0 Å². The second-order valence-corrected chi connectivity index (χ2v) is 5.00. The van der Waals surface area contributed by atoms with E-state index in [4.69, 9.17) is 9.47 Å². The molecule has 21 heavy (non-hydrogen) atoms. The van der Waals surface area contributed by atoms with Gasteiger partial charge in [-0.2, -0.15) is 0 Å². The van der Waals surface area contributed by atoms with E-state index in [1.165, 1.54) is 0 Å². The van der Waals surface area contributed by atoms with Gasteiger partial charge in [-0.3, -0.25) is 0 Å². The maximum atomic E-state index is 10.4. The van der Waals surface area contributed by atoms with Crippen molar-refractivity contribution in [1.82, 2.24) is 0 Å². The van der Waals surface area contributed by atoms with Crippen molar-refractivity contribution in [2.24, 2.45) is 0 Å². The Balaban J connectivity index is 2.36. The summed E-state index contributed by atoms with van der Waals surface area (Å²) in [6.45, 7) is 1.99. The van der Waals surface area contributed by atoms with Crippen LogP contribution >= 0.6 is 0 Å². The summed E-state index contributed by atoms with van der Waals surface area (Å²) < 4.78 is 10.4. The van der Waals surface area contributed by atoms with Gasteiger partial charge in [0.1, 0.15) is 11.5 Å². The molecule has 3 nitrogen and oxygen atoms in total. The summed E-state index contributed by atoms with van der Waals surface area (Å²) in [6.07, 6.45) is 0.273. The zero-order chi connectivity index (χ0) is 15.2. The maximum absolute atomic E-state index is 10.4. The minimum absolute atomic E-state index is 0.0492. The second-order valence-electron chi connectivity index (χ2n) is 5.00. The Morgan fingerprint density at radius 1 is 0.810 bits per heavy atom. The molecule has 1 N–H and O–H groups in total. The summed E-state index contributed by atoms with van der Waals surface area (Å²) in [5, 5.41) is 10.4. The predicted octanol–water partition coefficient (Wildman–Crippen LogP) is 3.61. The molecule has 0 fully saturated rings. The van der Waals surface area contributed by atoms with Crippen LogP contribution in [0.2, 0.25) is 0 Å². The molecule has 0 radical (unpaired) electrons. The van der Waals surface area contributed by atoms with E-state index in [0.717, 1.165) is 22.6 Å². The van der Waals surface area contributed by atoms with Crippen LogP contribution in [0.5, 0.6) is 11.5 Å². The predicted molar refractivity (Wildman–Crippen MR) is 84.1 cm³/mol. The van der Waals surface area contributed by atoms with E-state index in [1.807, 2.05) is 55.5 Å². The van der Waals surface area contributed by atoms with Gasteiger partial charge in [-0.15, -0.1) is 0 Å². The topological polar surface area (TPSA) is 38.7 Å². The van der Waals surface area contributed by atoms with Crippen molar-refractivity contribution in [3.63, 3.8) is 0 Å². The lowest BCUT2D eigenvalue weighted by atomic mass is 9.85. The Kier molecular flexibility index (Phi) is 5.23. The average molecular weight is 286 g/mol. The number of methoxy groups -OCH3 is 2. The fourth-order valence-electron chi connectivity index (χ4n) is 2.49. The Labute approximate surface area is 126 Å². The van der Waals surface area contributed by atoms with Gasteiger partial charge in [-0.1, -0.05) is 31.2 Å². The minimum atomic E-state index is -0.424. The SMILES string of the molecule is CCC(O)C(c1ccc(OC)cc1)c1ccc(OC)cc1. The van der Waals surface area contributed by atoms with Gasteiger partial charge >= 0.3 is 0 Å². The number of benzene rings is 2. The molecule has 0 aromatic heterocycles. The molecule has 2 rings (SSSR count). The zero-order valence-corrected chi connectivity index (χ0v) is 12.7. The molecule has 0 bridgehead atoms. The van der Waals surface area contributed by atoms with Crippen LogP contribution in [0, 0.1) is 0 Å². The number of hydrogen-bond donors (Lipinski definition) is 1. The van der Waals surface area contributed by atoms with Gasteiger partial charge in [0.05, 0.1) is 20.3 Å². The third-order valence-electron chi connectivity index (χ3n) is 3.75. The molecule has 0 aliphatic heterocycles. The van der Waals surface area contributed by atoms with Gasteiger partial charge in [0.15, 0.2) is 0 Å². The normalized spacial score (nSPS) is 12.2. The monoisotopic (exact) mass is 286 g/mol. The molecule has 2 aromatic carbocycles. The smallest absolute Gasteiger partial charge is 0.118 e. The Morgan fingerprint density at radius 2 is 1.19 bits per heavy atom. The van der Waals surface area contributed by atoms with Crippen LogP contribution in [0.1, 0.15) is 30.4 Å². The highest BCUT2D eigenvalue weighted by Crippen LogP contribution is 2.31. The average Bonchev–Trinajstić information content (AvgIpc) is 2.56. The van der Waals surface area contributed by atoms with Crippen molar-refractivity contribution < 1.29 is 14.6 Å². The first-order valence-electron chi connectivity index (χ1n) is 7.15. The summed E-state index contributed by atoms with van der Waals surface area (Å²) in [5.41, 5.74) is 2.16. The fourth-order valence-corrected chi connectivity index (χ4v) is 2.49. The van der Waals surface area contributed by atoms with Crippen LogP contribution in [-0.4, -0.2) is 25.4 Å². The molecule has 0 spiro atoms. The molecule has 2 aromatic rings. The summed E-state index contributed by atoms with van der Waals surface area (Å²) >= 11 is 0. The molecule has 3 heteroatoms. The van der Waals surface area contributed by atoms with E-state index in [9.17, 15) is 5.11 Å². The van der Waals surface area contributed by atoms with E-state index in [0.29, 0.717) is 6.42 Å². The zero-order valence-electron chi connectivity index (χ0n) is 12.7. The molecule has 0 heterocycles. The van der Waals surface area contributed by atoms with Gasteiger partial charge in [-0.25, -0.2) is 0 Å². The Morgan fingerprint density at radius 3 is 1.48 bits per heavy atom. The van der Waals surface area contributed by atoms with Gasteiger partial charge in [0.25, 0.3) is 0 Å². The number of aliphatic hydroxyl groups is 1. The number of hydrogen-bond acceptors (Lipinski definition) is 3. The molecule has 0 aliphatic rings. The molecule has 0 saturated carbocycles. The third-order valence-corrected chi connectivity index (χ3v) is 3.75. The summed E-state index contributed by atoms with van der Waals surface area (Å²) in [4.78, 5) is 0. The van der Waals surface area contributed by atoms with Crippen molar-refractivity contribution in [3.05, 3.63) is 59.7 Å². The summed E-state index contributed by atoms with van der Waals surface area (Å²) in [7, 11) is 3.30. The summed E-state index contributed by atoms with van der Waals surface area (Å²) in [6, 6.07) is 15.7. The van der Waals surface area contributed by atoms with Crippen LogP contribution in [-0.2, 0) is 0 Å².